The number of nitrogens with zero attached hydrogens (tertiary/aromatic N) is 1. The molecule has 0 aromatic rings. The number of carboxylic acids is 1. The lowest BCUT2D eigenvalue weighted by Crippen LogP contribution is -2.65. The lowest BCUT2D eigenvalue weighted by Gasteiger charge is -2.71. The van der Waals surface area contributed by atoms with Crippen LogP contribution in [0.2, 0.25) is 0 Å². The number of carboxylic acid groups (broad SMARTS) is 1. The van der Waals surface area contributed by atoms with Gasteiger partial charge < -0.3 is 20.5 Å². The van der Waals surface area contributed by atoms with Gasteiger partial charge in [0.1, 0.15) is 0 Å². The molecule has 8 unspecified atom stereocenters. The van der Waals surface area contributed by atoms with Gasteiger partial charge >= 0.3 is 5.97 Å². The van der Waals surface area contributed by atoms with Gasteiger partial charge in [0.15, 0.2) is 0 Å². The van der Waals surface area contributed by atoms with Gasteiger partial charge in [-0.3, -0.25) is 4.79 Å². The zero-order valence-electron chi connectivity index (χ0n) is 23.3. The average molecular weight is 506 g/mol. The lowest BCUT2D eigenvalue weighted by molar-refractivity contribution is -0.223. The fourth-order valence-electron chi connectivity index (χ4n) is 10.5. The second kappa shape index (κ2) is 10.8. The van der Waals surface area contributed by atoms with Crippen LogP contribution in [0, 0.1) is 51.2 Å². The Morgan fingerprint density at radius 1 is 0.972 bits per heavy atom. The van der Waals surface area contributed by atoms with Crippen LogP contribution >= 0.6 is 0 Å². The Morgan fingerprint density at radius 2 is 1.64 bits per heavy atom. The number of oxime groups is 1. The predicted octanol–water partition coefficient (Wildman–Crippen LogP) is 6.14. The van der Waals surface area contributed by atoms with Gasteiger partial charge in [0.2, 0.25) is 0 Å². The van der Waals surface area contributed by atoms with E-state index in [1.54, 1.807) is 0 Å². The standard InChI is InChI=1S/C26H41NO3.C3H6O.CH4O/c1-16-17-9-13-25(4)21(23(17,2)12-10-20(16)27-30)8-7-18-19-6-5-11-26(19,22(28)29)15-14-24(18,25)3;1-2-3-4;1-2/h16-19,21,30H,5-15H2,1-4H3,(H,28,29);2,4H,1,3H2;2H,1H3/b27-20+;;/t16?,17?,18?,19?,21?,23?,24-,25?,26?;;/m1../s1. The highest BCUT2D eigenvalue weighted by atomic mass is 16.4. The van der Waals surface area contributed by atoms with E-state index in [2.05, 4.69) is 39.4 Å². The summed E-state index contributed by atoms with van der Waals surface area (Å²) in [6.07, 6.45) is 13.6. The minimum atomic E-state index is -0.507. The summed E-state index contributed by atoms with van der Waals surface area (Å²) in [7, 11) is 1.00. The van der Waals surface area contributed by atoms with Gasteiger partial charge in [-0.2, -0.15) is 0 Å². The van der Waals surface area contributed by atoms with Crippen LogP contribution in [0.15, 0.2) is 17.8 Å². The van der Waals surface area contributed by atoms with E-state index in [9.17, 15) is 15.1 Å². The van der Waals surface area contributed by atoms with Crippen molar-refractivity contribution < 1.29 is 25.3 Å². The van der Waals surface area contributed by atoms with Gasteiger partial charge in [0.25, 0.3) is 0 Å². The van der Waals surface area contributed by atoms with Gasteiger partial charge in [0, 0.05) is 13.0 Å². The van der Waals surface area contributed by atoms with Crippen LogP contribution in [0.3, 0.4) is 0 Å². The smallest absolute Gasteiger partial charge is 0.309 e. The molecule has 0 aliphatic heterocycles. The van der Waals surface area contributed by atoms with E-state index in [1.807, 2.05) is 0 Å². The van der Waals surface area contributed by atoms with Crippen molar-refractivity contribution in [1.82, 2.24) is 0 Å². The van der Waals surface area contributed by atoms with Crippen molar-refractivity contribution in [2.45, 2.75) is 98.3 Å². The molecule has 6 heteroatoms. The van der Waals surface area contributed by atoms with Crippen molar-refractivity contribution in [2.75, 3.05) is 13.7 Å². The molecule has 0 amide bonds. The molecule has 6 nitrogen and oxygen atoms in total. The van der Waals surface area contributed by atoms with Crippen LogP contribution in [0.1, 0.15) is 98.3 Å². The summed E-state index contributed by atoms with van der Waals surface area (Å²) >= 11 is 0. The highest BCUT2D eigenvalue weighted by Gasteiger charge is 2.69. The molecule has 0 heterocycles. The van der Waals surface area contributed by atoms with E-state index in [4.69, 9.17) is 10.2 Å². The lowest BCUT2D eigenvalue weighted by atomic mass is 9.33. The zero-order valence-corrected chi connectivity index (χ0v) is 23.3. The first-order valence-corrected chi connectivity index (χ1v) is 14.2. The van der Waals surface area contributed by atoms with Crippen molar-refractivity contribution >= 4 is 11.7 Å². The van der Waals surface area contributed by atoms with E-state index in [0.29, 0.717) is 40.4 Å². The molecule has 0 aromatic heterocycles. The summed E-state index contributed by atoms with van der Waals surface area (Å²) in [5.41, 5.74) is 1.44. The number of fused-ring (bicyclic) bond motifs is 7. The molecule has 0 bridgehead atoms. The fourth-order valence-corrected chi connectivity index (χ4v) is 10.5. The molecular weight excluding hydrogens is 454 g/mol. The molecule has 9 atom stereocenters. The maximum atomic E-state index is 12.4. The third-order valence-electron chi connectivity index (χ3n) is 12.4. The monoisotopic (exact) mass is 505 g/mol. The normalized spacial score (nSPS) is 48.0. The fraction of sp³-hybridized carbons (Fsp3) is 0.867. The van der Waals surface area contributed by atoms with Crippen molar-refractivity contribution in [3.05, 3.63) is 12.7 Å². The highest BCUT2D eigenvalue weighted by Crippen LogP contribution is 2.75. The number of hydrogen-bond donors (Lipinski definition) is 4. The Balaban J connectivity index is 0.000000550. The molecule has 5 saturated carbocycles. The van der Waals surface area contributed by atoms with Gasteiger partial charge in [-0.15, -0.1) is 6.58 Å². The number of aliphatic carboxylic acids is 1. The predicted molar refractivity (Wildman–Crippen MR) is 143 cm³/mol. The maximum Gasteiger partial charge on any atom is 0.309 e. The van der Waals surface area contributed by atoms with Crippen LogP contribution in [0.4, 0.5) is 0 Å². The number of carbonyl (C=O) groups is 1. The summed E-state index contributed by atoms with van der Waals surface area (Å²) < 4.78 is 0. The zero-order chi connectivity index (χ0) is 26.9. The summed E-state index contributed by atoms with van der Waals surface area (Å²) in [5.74, 6) is 2.14. The van der Waals surface area contributed by atoms with E-state index < -0.39 is 11.4 Å². The molecular formula is C30H51NO5. The van der Waals surface area contributed by atoms with Crippen LogP contribution in [0.5, 0.6) is 0 Å². The molecule has 206 valence electrons. The number of hydrogen-bond acceptors (Lipinski definition) is 5. The topological polar surface area (TPSA) is 110 Å². The third kappa shape index (κ3) is 4.05. The van der Waals surface area contributed by atoms with Crippen LogP contribution < -0.4 is 0 Å². The summed E-state index contributed by atoms with van der Waals surface area (Å²) in [6, 6.07) is 0. The molecule has 4 N–H and O–H groups in total. The summed E-state index contributed by atoms with van der Waals surface area (Å²) in [4.78, 5) is 12.4. The van der Waals surface area contributed by atoms with E-state index >= 15 is 0 Å². The van der Waals surface area contributed by atoms with Gasteiger partial charge in [-0.25, -0.2) is 0 Å². The van der Waals surface area contributed by atoms with Crippen LogP contribution in [-0.4, -0.2) is 45.9 Å². The Morgan fingerprint density at radius 3 is 2.22 bits per heavy atom. The quantitative estimate of drug-likeness (QED) is 0.205. The first-order valence-electron chi connectivity index (χ1n) is 14.2. The minimum absolute atomic E-state index is 0.0833. The first-order chi connectivity index (χ1) is 17.1. The molecule has 5 aliphatic carbocycles. The Bertz CT molecular complexity index is 843. The third-order valence-corrected chi connectivity index (χ3v) is 12.4. The molecule has 0 saturated heterocycles. The molecule has 0 aromatic carbocycles. The first kappa shape index (κ1) is 29.2. The van der Waals surface area contributed by atoms with E-state index in [1.165, 1.54) is 31.8 Å². The van der Waals surface area contributed by atoms with Gasteiger partial charge in [-0.05, 0) is 104 Å². The Hall–Kier alpha value is -1.40. The molecule has 36 heavy (non-hydrogen) atoms. The maximum absolute atomic E-state index is 12.4. The Labute approximate surface area is 218 Å². The van der Waals surface area contributed by atoms with E-state index in [0.717, 1.165) is 57.8 Å². The van der Waals surface area contributed by atoms with Crippen molar-refractivity contribution in [1.29, 1.82) is 0 Å². The van der Waals surface area contributed by atoms with Crippen molar-refractivity contribution in [3.8, 4) is 0 Å². The Kier molecular flexibility index (Phi) is 8.72. The van der Waals surface area contributed by atoms with Crippen LogP contribution in [0.25, 0.3) is 0 Å². The second-order valence-corrected chi connectivity index (χ2v) is 13.0. The summed E-state index contributed by atoms with van der Waals surface area (Å²) in [5, 5.41) is 38.2. The van der Waals surface area contributed by atoms with Gasteiger partial charge in [-0.1, -0.05) is 45.3 Å². The van der Waals surface area contributed by atoms with Crippen molar-refractivity contribution in [2.24, 2.45) is 56.4 Å². The van der Waals surface area contributed by atoms with Crippen molar-refractivity contribution in [3.63, 3.8) is 0 Å². The second-order valence-electron chi connectivity index (χ2n) is 13.0. The number of rotatable bonds is 2. The molecule has 0 spiro atoms. The van der Waals surface area contributed by atoms with E-state index in [-0.39, 0.29) is 12.0 Å². The SMILES string of the molecule is C=CCO.CC1/C(=N/O)CCC2(C)C1CCC1(C)C2CCC2C3CCCC3(C(=O)O)CC[C@]21C.CO. The summed E-state index contributed by atoms with van der Waals surface area (Å²) in [6.45, 7) is 13.3. The minimum Gasteiger partial charge on any atom is -0.481 e. The van der Waals surface area contributed by atoms with Crippen LogP contribution in [-0.2, 0) is 4.79 Å². The number of aliphatic hydroxyl groups excluding tert-OH is 2. The molecule has 5 rings (SSSR count). The largest absolute Gasteiger partial charge is 0.481 e. The van der Waals surface area contributed by atoms with Gasteiger partial charge in [0.05, 0.1) is 17.7 Å². The number of aliphatic hydroxyl groups is 2. The molecule has 0 radical (unpaired) electrons. The average Bonchev–Trinajstić information content (AvgIpc) is 3.32. The molecule has 5 fully saturated rings. The highest BCUT2D eigenvalue weighted by molar-refractivity contribution is 5.87. The molecule has 5 aliphatic rings.